The van der Waals surface area contributed by atoms with Gasteiger partial charge in [0.05, 0.1) is 18.4 Å². The van der Waals surface area contributed by atoms with Gasteiger partial charge in [-0.05, 0) is 54.8 Å². The third kappa shape index (κ3) is 3.48. The number of aromatic nitrogens is 2. The van der Waals surface area contributed by atoms with Crippen molar-refractivity contribution in [2.24, 2.45) is 0 Å². The Morgan fingerprint density at radius 2 is 2.03 bits per heavy atom. The fourth-order valence-corrected chi connectivity index (χ4v) is 5.44. The van der Waals surface area contributed by atoms with Crippen LogP contribution in [0.5, 0.6) is 0 Å². The minimum atomic E-state index is -3.77. The van der Waals surface area contributed by atoms with Crippen LogP contribution >= 0.6 is 0 Å². The van der Waals surface area contributed by atoms with Gasteiger partial charge in [-0.25, -0.2) is 17.8 Å². The molecule has 1 unspecified atom stereocenters. The summed E-state index contributed by atoms with van der Waals surface area (Å²) in [5, 5.41) is 0.877. The molecular weight excluding hydrogens is 409 g/mol. The average molecular weight is 431 g/mol. The van der Waals surface area contributed by atoms with Crippen molar-refractivity contribution in [2.45, 2.75) is 36.7 Å². The fraction of sp³-hybridized carbons (Fsp3) is 0.333. The predicted molar refractivity (Wildman–Crippen MR) is 109 cm³/mol. The van der Waals surface area contributed by atoms with Crippen LogP contribution in [-0.2, 0) is 38.9 Å². The van der Waals surface area contributed by atoms with E-state index in [1.54, 1.807) is 13.2 Å². The van der Waals surface area contributed by atoms with Gasteiger partial charge in [-0.2, -0.15) is 4.31 Å². The van der Waals surface area contributed by atoms with Crippen molar-refractivity contribution < 1.29 is 22.3 Å². The Hall–Kier alpha value is -2.78. The molecule has 4 rings (SSSR count). The summed E-state index contributed by atoms with van der Waals surface area (Å²) in [6.07, 6.45) is 3.04. The van der Waals surface area contributed by atoms with E-state index in [9.17, 15) is 17.6 Å². The molecule has 1 atom stereocenters. The summed E-state index contributed by atoms with van der Waals surface area (Å²) in [6.45, 7) is 0.418. The van der Waals surface area contributed by atoms with Crippen LogP contribution in [0.15, 0.2) is 47.5 Å². The SMILES string of the molecule is COC(=O)Cc1c2n(c3ncccc13)CC(N(C)S(=O)(=O)c1ccc(F)cc1)CC2. The molecular formula is C21H22FN3O4S. The number of carbonyl (C=O) groups excluding carboxylic acids is 1. The number of hydrogen-bond acceptors (Lipinski definition) is 5. The summed E-state index contributed by atoms with van der Waals surface area (Å²) >= 11 is 0. The summed E-state index contributed by atoms with van der Waals surface area (Å²) in [5.41, 5.74) is 2.59. The molecule has 0 bridgehead atoms. The van der Waals surface area contributed by atoms with Crippen LogP contribution in [0.25, 0.3) is 11.0 Å². The maximum Gasteiger partial charge on any atom is 0.310 e. The van der Waals surface area contributed by atoms with Crippen molar-refractivity contribution in [2.75, 3.05) is 14.2 Å². The normalized spacial score (nSPS) is 16.6. The molecule has 158 valence electrons. The van der Waals surface area contributed by atoms with Gasteiger partial charge in [-0.15, -0.1) is 0 Å². The molecule has 0 spiro atoms. The van der Waals surface area contributed by atoms with E-state index in [0.717, 1.165) is 34.4 Å². The zero-order chi connectivity index (χ0) is 21.5. The van der Waals surface area contributed by atoms with Gasteiger partial charge >= 0.3 is 5.97 Å². The zero-order valence-electron chi connectivity index (χ0n) is 16.7. The highest BCUT2D eigenvalue weighted by Crippen LogP contribution is 2.32. The number of carbonyl (C=O) groups is 1. The quantitative estimate of drug-likeness (QED) is 0.580. The first-order valence-electron chi connectivity index (χ1n) is 9.58. The number of benzene rings is 1. The first kappa shape index (κ1) is 20.5. The van der Waals surface area contributed by atoms with Gasteiger partial charge < -0.3 is 9.30 Å². The van der Waals surface area contributed by atoms with Gasteiger partial charge in [0.25, 0.3) is 0 Å². The van der Waals surface area contributed by atoms with Gasteiger partial charge in [0.1, 0.15) is 11.5 Å². The topological polar surface area (TPSA) is 81.5 Å². The number of nitrogens with zero attached hydrogens (tertiary/aromatic N) is 3. The molecule has 30 heavy (non-hydrogen) atoms. The van der Waals surface area contributed by atoms with Gasteiger partial charge in [0.15, 0.2) is 0 Å². The average Bonchev–Trinajstić information content (AvgIpc) is 3.06. The molecule has 3 aromatic rings. The Bertz CT molecular complexity index is 1200. The lowest BCUT2D eigenvalue weighted by Gasteiger charge is -2.32. The van der Waals surface area contributed by atoms with Crippen molar-refractivity contribution >= 4 is 27.0 Å². The van der Waals surface area contributed by atoms with Crippen LogP contribution < -0.4 is 0 Å². The molecule has 3 heterocycles. The van der Waals surface area contributed by atoms with E-state index in [4.69, 9.17) is 4.74 Å². The molecule has 0 radical (unpaired) electrons. The Kier molecular flexibility index (Phi) is 5.33. The van der Waals surface area contributed by atoms with Crippen LogP contribution in [0.1, 0.15) is 17.7 Å². The highest BCUT2D eigenvalue weighted by molar-refractivity contribution is 7.89. The standard InChI is InChI=1S/C21H22FN3O4S/c1-24(30(27,28)16-8-5-14(22)6-9-16)15-7-10-19-18(12-20(26)29-2)17-4-3-11-23-21(17)25(19)13-15/h3-6,8-9,11,15H,7,10,12-13H2,1-2H3. The second-order valence-corrected chi connectivity index (χ2v) is 9.33. The third-order valence-corrected chi connectivity index (χ3v) is 7.63. The summed E-state index contributed by atoms with van der Waals surface area (Å²) < 4.78 is 47.4. The number of ether oxygens (including phenoxy) is 1. The Balaban J connectivity index is 1.69. The smallest absolute Gasteiger partial charge is 0.310 e. The summed E-state index contributed by atoms with van der Waals surface area (Å²) in [5.74, 6) is -0.811. The minimum Gasteiger partial charge on any atom is -0.469 e. The van der Waals surface area contributed by atoms with Gasteiger partial charge in [0, 0.05) is 36.9 Å². The lowest BCUT2D eigenvalue weighted by atomic mass is 10.0. The second kappa shape index (κ2) is 7.81. The number of pyridine rings is 1. The van der Waals surface area contributed by atoms with Crippen molar-refractivity contribution in [3.05, 3.63) is 59.7 Å². The second-order valence-electron chi connectivity index (χ2n) is 7.33. The first-order valence-corrected chi connectivity index (χ1v) is 11.0. The number of fused-ring (bicyclic) bond motifs is 3. The van der Waals surface area contributed by atoms with Crippen LogP contribution in [0.2, 0.25) is 0 Å². The number of hydrogen-bond donors (Lipinski definition) is 0. The van der Waals surface area contributed by atoms with E-state index in [1.165, 1.54) is 23.5 Å². The minimum absolute atomic E-state index is 0.0547. The monoisotopic (exact) mass is 431 g/mol. The lowest BCUT2D eigenvalue weighted by Crippen LogP contribution is -2.42. The van der Waals surface area contributed by atoms with Crippen LogP contribution in [0.4, 0.5) is 4.39 Å². The number of sulfonamides is 1. The van der Waals surface area contributed by atoms with Crippen LogP contribution in [-0.4, -0.2) is 48.4 Å². The molecule has 2 aromatic heterocycles. The predicted octanol–water partition coefficient (Wildman–Crippen LogP) is 2.53. The molecule has 1 aliphatic rings. The zero-order valence-corrected chi connectivity index (χ0v) is 17.5. The summed E-state index contributed by atoms with van der Waals surface area (Å²) in [7, 11) is -0.866. The van der Waals surface area contributed by atoms with E-state index < -0.39 is 15.8 Å². The number of methoxy groups -OCH3 is 1. The maximum atomic E-state index is 13.2. The van der Waals surface area contributed by atoms with E-state index in [1.807, 2.05) is 16.7 Å². The molecule has 9 heteroatoms. The van der Waals surface area contributed by atoms with Crippen molar-refractivity contribution in [3.8, 4) is 0 Å². The number of esters is 1. The van der Waals surface area contributed by atoms with Gasteiger partial charge in [-0.1, -0.05) is 0 Å². The molecule has 0 saturated heterocycles. The molecule has 0 fully saturated rings. The van der Waals surface area contributed by atoms with E-state index >= 15 is 0 Å². The molecule has 1 aliphatic heterocycles. The number of likely N-dealkylation sites (N-methyl/N-ethyl adjacent to an activating group) is 1. The Labute approximate surface area is 174 Å². The Morgan fingerprint density at radius 3 is 2.73 bits per heavy atom. The molecule has 1 aromatic carbocycles. The maximum absolute atomic E-state index is 13.2. The molecule has 0 saturated carbocycles. The van der Waals surface area contributed by atoms with Crippen LogP contribution in [0, 0.1) is 5.82 Å². The van der Waals surface area contributed by atoms with Crippen LogP contribution in [0.3, 0.4) is 0 Å². The fourth-order valence-electron chi connectivity index (χ4n) is 4.06. The van der Waals surface area contributed by atoms with E-state index in [2.05, 4.69) is 4.98 Å². The first-order chi connectivity index (χ1) is 14.3. The largest absolute Gasteiger partial charge is 0.469 e. The van der Waals surface area contributed by atoms with E-state index in [0.29, 0.717) is 19.4 Å². The molecule has 7 nitrogen and oxygen atoms in total. The molecule has 0 amide bonds. The van der Waals surface area contributed by atoms with Gasteiger partial charge in [-0.3, -0.25) is 4.79 Å². The number of halogens is 1. The lowest BCUT2D eigenvalue weighted by molar-refractivity contribution is -0.139. The van der Waals surface area contributed by atoms with Gasteiger partial charge in [0.2, 0.25) is 10.0 Å². The van der Waals surface area contributed by atoms with Crippen molar-refractivity contribution in [1.82, 2.24) is 13.9 Å². The number of rotatable bonds is 5. The summed E-state index contributed by atoms with van der Waals surface area (Å²) in [6, 6.07) is 8.27. The van der Waals surface area contributed by atoms with Crippen molar-refractivity contribution in [1.29, 1.82) is 0 Å². The molecule has 0 N–H and O–H groups in total. The highest BCUT2D eigenvalue weighted by atomic mass is 32.2. The molecule has 0 aliphatic carbocycles. The Morgan fingerprint density at radius 1 is 1.30 bits per heavy atom. The highest BCUT2D eigenvalue weighted by Gasteiger charge is 2.33. The van der Waals surface area contributed by atoms with Crippen molar-refractivity contribution in [3.63, 3.8) is 0 Å². The third-order valence-electron chi connectivity index (χ3n) is 5.70. The van der Waals surface area contributed by atoms with E-state index in [-0.39, 0.29) is 23.3 Å². The summed E-state index contributed by atoms with van der Waals surface area (Å²) in [4.78, 5) is 16.5.